The van der Waals surface area contributed by atoms with Crippen LogP contribution in [-0.2, 0) is 11.2 Å². The van der Waals surface area contributed by atoms with Crippen molar-refractivity contribution in [3.63, 3.8) is 0 Å². The van der Waals surface area contributed by atoms with Gasteiger partial charge in [0.15, 0.2) is 0 Å². The van der Waals surface area contributed by atoms with Crippen molar-refractivity contribution in [3.8, 4) is 5.75 Å². The lowest BCUT2D eigenvalue weighted by molar-refractivity contribution is 0.261. The Morgan fingerprint density at radius 1 is 1.00 bits per heavy atom. The van der Waals surface area contributed by atoms with Crippen LogP contribution in [0.4, 0.5) is 0 Å². The normalized spacial score (nSPS) is 17.4. The van der Waals surface area contributed by atoms with Gasteiger partial charge in [0.25, 0.3) is 0 Å². The van der Waals surface area contributed by atoms with Gasteiger partial charge in [0.05, 0.1) is 6.61 Å². The van der Waals surface area contributed by atoms with Crippen LogP contribution in [0.5, 0.6) is 5.75 Å². The van der Waals surface area contributed by atoms with E-state index in [1.165, 1.54) is 11.1 Å². The first kappa shape index (κ1) is 11.3. The summed E-state index contributed by atoms with van der Waals surface area (Å²) in [5.74, 6) is 0.969. The van der Waals surface area contributed by atoms with E-state index in [-0.39, 0.29) is 0 Å². The molecule has 2 heteroatoms. The Morgan fingerprint density at radius 2 is 1.72 bits per heavy atom. The third kappa shape index (κ3) is 2.90. The summed E-state index contributed by atoms with van der Waals surface area (Å²) in [4.78, 5) is 0. The van der Waals surface area contributed by atoms with E-state index < -0.39 is 0 Å². The lowest BCUT2D eigenvalue weighted by atomic mass is 10.0. The highest BCUT2D eigenvalue weighted by atomic mass is 16.6. The van der Waals surface area contributed by atoms with E-state index in [4.69, 9.17) is 9.47 Å². The fourth-order valence-corrected chi connectivity index (χ4v) is 1.95. The third-order valence-electron chi connectivity index (χ3n) is 3.04. The maximum atomic E-state index is 5.81. The van der Waals surface area contributed by atoms with Crippen LogP contribution >= 0.6 is 0 Å². The smallest absolute Gasteiger partial charge is 0.122 e. The lowest BCUT2D eigenvalue weighted by Crippen LogP contribution is -2.06. The van der Waals surface area contributed by atoms with E-state index >= 15 is 0 Å². The second-order valence-corrected chi connectivity index (χ2v) is 4.54. The van der Waals surface area contributed by atoms with Gasteiger partial charge in [-0.1, -0.05) is 48.5 Å². The molecule has 0 radical (unpaired) electrons. The number of ether oxygens (including phenoxy) is 2. The van der Waals surface area contributed by atoms with Gasteiger partial charge in [0, 0.05) is 6.42 Å². The first-order valence-corrected chi connectivity index (χ1v) is 6.28. The largest absolute Gasteiger partial charge is 0.490 e. The lowest BCUT2D eigenvalue weighted by Gasteiger charge is -2.10. The van der Waals surface area contributed by atoms with Crippen molar-refractivity contribution in [1.82, 2.24) is 0 Å². The van der Waals surface area contributed by atoms with E-state index in [1.54, 1.807) is 0 Å². The van der Waals surface area contributed by atoms with E-state index in [2.05, 4.69) is 36.4 Å². The van der Waals surface area contributed by atoms with Crippen molar-refractivity contribution >= 4 is 0 Å². The van der Waals surface area contributed by atoms with Gasteiger partial charge in [-0.2, -0.15) is 0 Å². The molecule has 0 aromatic heterocycles. The van der Waals surface area contributed by atoms with E-state index in [1.807, 2.05) is 18.2 Å². The highest BCUT2D eigenvalue weighted by Crippen LogP contribution is 2.22. The summed E-state index contributed by atoms with van der Waals surface area (Å²) in [6.45, 7) is 1.49. The van der Waals surface area contributed by atoms with Gasteiger partial charge in [0.2, 0.25) is 0 Å². The molecule has 1 fully saturated rings. The van der Waals surface area contributed by atoms with Crippen LogP contribution in [0, 0.1) is 0 Å². The summed E-state index contributed by atoms with van der Waals surface area (Å²) in [6.07, 6.45) is 1.21. The predicted octanol–water partition coefficient (Wildman–Crippen LogP) is 3.06. The number of benzene rings is 2. The maximum Gasteiger partial charge on any atom is 0.122 e. The molecule has 0 aliphatic carbocycles. The minimum absolute atomic E-state index is 0.301. The average molecular weight is 240 g/mol. The van der Waals surface area contributed by atoms with E-state index in [9.17, 15) is 0 Å². The Balaban J connectivity index is 1.73. The molecular weight excluding hydrogens is 224 g/mol. The summed E-state index contributed by atoms with van der Waals surface area (Å²) in [5, 5.41) is 0. The molecular formula is C16H16O2. The molecule has 1 aliphatic heterocycles. The van der Waals surface area contributed by atoms with Crippen molar-refractivity contribution in [2.75, 3.05) is 13.2 Å². The Labute approximate surface area is 107 Å². The van der Waals surface area contributed by atoms with Crippen LogP contribution in [0.1, 0.15) is 11.1 Å². The minimum Gasteiger partial charge on any atom is -0.490 e. The van der Waals surface area contributed by atoms with Crippen molar-refractivity contribution < 1.29 is 9.47 Å². The molecule has 1 saturated heterocycles. The van der Waals surface area contributed by atoms with Gasteiger partial charge in [0.1, 0.15) is 18.5 Å². The average Bonchev–Trinajstić information content (AvgIpc) is 3.23. The number of epoxide rings is 1. The standard InChI is InChI=1S/C16H16O2/c1-2-6-13(7-3-1)10-14-8-4-5-9-16(14)18-12-15-11-17-15/h1-9,15H,10-12H2/t15-/m0/s1. The van der Waals surface area contributed by atoms with Gasteiger partial charge in [-0.15, -0.1) is 0 Å². The summed E-state index contributed by atoms with van der Waals surface area (Å²) in [6, 6.07) is 18.7. The SMILES string of the molecule is c1ccc(Cc2ccccc2OC[C@@H]2CO2)cc1. The second-order valence-electron chi connectivity index (χ2n) is 4.54. The fourth-order valence-electron chi connectivity index (χ4n) is 1.95. The number of hydrogen-bond acceptors (Lipinski definition) is 2. The molecule has 1 atom stereocenters. The third-order valence-corrected chi connectivity index (χ3v) is 3.04. The number of hydrogen-bond donors (Lipinski definition) is 0. The van der Waals surface area contributed by atoms with Crippen LogP contribution in [-0.4, -0.2) is 19.3 Å². The number of para-hydroxylation sites is 1. The molecule has 2 nitrogen and oxygen atoms in total. The predicted molar refractivity (Wildman–Crippen MR) is 70.9 cm³/mol. The fraction of sp³-hybridized carbons (Fsp3) is 0.250. The molecule has 1 heterocycles. The first-order chi connectivity index (χ1) is 8.92. The van der Waals surface area contributed by atoms with Crippen molar-refractivity contribution in [2.45, 2.75) is 12.5 Å². The van der Waals surface area contributed by atoms with Crippen molar-refractivity contribution in [1.29, 1.82) is 0 Å². The summed E-state index contributed by atoms with van der Waals surface area (Å²) in [5.41, 5.74) is 2.53. The molecule has 92 valence electrons. The Kier molecular flexibility index (Phi) is 3.29. The summed E-state index contributed by atoms with van der Waals surface area (Å²) in [7, 11) is 0. The zero-order valence-corrected chi connectivity index (χ0v) is 10.2. The molecule has 0 saturated carbocycles. The minimum atomic E-state index is 0.301. The van der Waals surface area contributed by atoms with Gasteiger partial charge >= 0.3 is 0 Å². The monoisotopic (exact) mass is 240 g/mol. The zero-order valence-electron chi connectivity index (χ0n) is 10.2. The van der Waals surface area contributed by atoms with E-state index in [0.717, 1.165) is 18.8 Å². The molecule has 2 aromatic carbocycles. The Morgan fingerprint density at radius 3 is 2.50 bits per heavy atom. The van der Waals surface area contributed by atoms with Crippen molar-refractivity contribution in [2.24, 2.45) is 0 Å². The molecule has 0 bridgehead atoms. The highest BCUT2D eigenvalue weighted by molar-refractivity contribution is 5.37. The topological polar surface area (TPSA) is 21.8 Å². The quantitative estimate of drug-likeness (QED) is 0.749. The number of rotatable bonds is 5. The van der Waals surface area contributed by atoms with Gasteiger partial charge in [-0.3, -0.25) is 0 Å². The Bertz CT molecular complexity index is 504. The molecule has 0 spiro atoms. The second kappa shape index (κ2) is 5.23. The summed E-state index contributed by atoms with van der Waals surface area (Å²) < 4.78 is 11.0. The van der Waals surface area contributed by atoms with Gasteiger partial charge in [-0.05, 0) is 17.2 Å². The van der Waals surface area contributed by atoms with Crippen LogP contribution < -0.4 is 4.74 Å². The van der Waals surface area contributed by atoms with Gasteiger partial charge in [-0.25, -0.2) is 0 Å². The summed E-state index contributed by atoms with van der Waals surface area (Å²) >= 11 is 0. The zero-order chi connectivity index (χ0) is 12.2. The Hall–Kier alpha value is -1.80. The van der Waals surface area contributed by atoms with Crippen molar-refractivity contribution in [3.05, 3.63) is 65.7 Å². The molecule has 0 N–H and O–H groups in total. The molecule has 2 aromatic rings. The van der Waals surface area contributed by atoms with Gasteiger partial charge < -0.3 is 9.47 Å². The maximum absolute atomic E-state index is 5.81. The van der Waals surface area contributed by atoms with Crippen LogP contribution in [0.25, 0.3) is 0 Å². The van der Waals surface area contributed by atoms with Crippen LogP contribution in [0.2, 0.25) is 0 Å². The molecule has 1 aliphatic rings. The molecule has 0 amide bonds. The first-order valence-electron chi connectivity index (χ1n) is 6.28. The highest BCUT2D eigenvalue weighted by Gasteiger charge is 2.23. The van der Waals surface area contributed by atoms with E-state index in [0.29, 0.717) is 12.7 Å². The molecule has 18 heavy (non-hydrogen) atoms. The van der Waals surface area contributed by atoms with Crippen LogP contribution in [0.3, 0.4) is 0 Å². The molecule has 3 rings (SSSR count). The van der Waals surface area contributed by atoms with Crippen LogP contribution in [0.15, 0.2) is 54.6 Å². The molecule has 0 unspecified atom stereocenters.